The molecule has 0 fully saturated rings. The Balaban J connectivity index is 0.000000547. The van der Waals surface area contributed by atoms with Crippen LogP contribution in [0.4, 0.5) is 0 Å². The number of hydrogen-bond donors (Lipinski definition) is 0. The number of rotatable bonds is 50. The van der Waals surface area contributed by atoms with Crippen LogP contribution in [0, 0.1) is 0 Å². The van der Waals surface area contributed by atoms with Crippen molar-refractivity contribution in [2.24, 2.45) is 0 Å². The maximum Gasteiger partial charge on any atom is 2.00 e. The van der Waals surface area contributed by atoms with Crippen LogP contribution < -0.4 is 0 Å². The van der Waals surface area contributed by atoms with E-state index >= 15 is 0 Å². The first-order valence-corrected chi connectivity index (χ1v) is 36.8. The van der Waals surface area contributed by atoms with Crippen molar-refractivity contribution in [2.75, 3.05) is 0 Å². The summed E-state index contributed by atoms with van der Waals surface area (Å²) in [5, 5.41) is 3.12. The summed E-state index contributed by atoms with van der Waals surface area (Å²) in [6.45, 7) is 9.07. The van der Waals surface area contributed by atoms with Gasteiger partial charge in [0.05, 0.1) is 9.79 Å². The molecule has 6 nitrogen and oxygen atoms in total. The van der Waals surface area contributed by atoms with Gasteiger partial charge in [0.15, 0.2) is 0 Å². The van der Waals surface area contributed by atoms with Gasteiger partial charge in [-0.15, -0.1) is 0 Å². The minimum absolute atomic E-state index is 0. The van der Waals surface area contributed by atoms with Gasteiger partial charge in [-0.1, -0.05) is 321 Å². The zero-order chi connectivity index (χ0) is 57.8. The van der Waals surface area contributed by atoms with E-state index in [1.54, 1.807) is 12.1 Å². The molecule has 0 aliphatic heterocycles. The average Bonchev–Trinajstić information content (AvgIpc) is 3.47. The Kier molecular flexibility index (Phi) is 45.3. The number of unbranched alkanes of at least 4 members (excludes halogenated alkanes) is 40. The number of hydrogen-bond acceptors (Lipinski definition) is 6. The van der Waals surface area contributed by atoms with Crippen molar-refractivity contribution in [3.8, 4) is 0 Å². The van der Waals surface area contributed by atoms with E-state index in [0.717, 1.165) is 62.1 Å². The van der Waals surface area contributed by atoms with Gasteiger partial charge in [-0.3, -0.25) is 0 Å². The predicted octanol–water partition coefficient (Wildman–Crippen LogP) is 22.5. The molecule has 81 heavy (non-hydrogen) atoms. The van der Waals surface area contributed by atoms with E-state index < -0.39 is 20.2 Å². The maximum absolute atomic E-state index is 12.0. The Bertz CT molecular complexity index is 2230. The minimum Gasteiger partial charge on any atom is -0.744 e. The van der Waals surface area contributed by atoms with Gasteiger partial charge in [-0.2, -0.15) is 0 Å². The van der Waals surface area contributed by atoms with E-state index in [4.69, 9.17) is 0 Å². The fourth-order valence-electron chi connectivity index (χ4n) is 12.1. The Labute approximate surface area is 529 Å². The molecule has 0 spiro atoms. The fourth-order valence-corrected chi connectivity index (χ4v) is 13.5. The summed E-state index contributed by atoms with van der Waals surface area (Å²) in [6.07, 6.45) is 61.6. The first kappa shape index (κ1) is 75.6. The molecule has 0 saturated heterocycles. The zero-order valence-electron chi connectivity index (χ0n) is 52.7. The summed E-state index contributed by atoms with van der Waals surface area (Å²) in [4.78, 5) is -0.128. The summed E-state index contributed by atoms with van der Waals surface area (Å²) in [6, 6.07) is 18.9. The Morgan fingerprint density at radius 2 is 0.481 bits per heavy atom. The second kappa shape index (κ2) is 48.6. The van der Waals surface area contributed by atoms with E-state index in [2.05, 4.69) is 39.8 Å². The molecular weight excluding hydrogens is 1060 g/mol. The van der Waals surface area contributed by atoms with Crippen LogP contribution in [0.25, 0.3) is 21.5 Å². The Hall–Kier alpha value is -1.52. The molecule has 0 radical (unpaired) electrons. The van der Waals surface area contributed by atoms with Crippen molar-refractivity contribution in [1.29, 1.82) is 0 Å². The maximum atomic E-state index is 12.0. The van der Waals surface area contributed by atoms with Gasteiger partial charge >= 0.3 is 37.7 Å². The van der Waals surface area contributed by atoms with E-state index in [9.17, 15) is 25.9 Å². The third-order valence-electron chi connectivity index (χ3n) is 17.0. The first-order chi connectivity index (χ1) is 38.9. The number of benzene rings is 4. The van der Waals surface area contributed by atoms with Crippen molar-refractivity contribution in [3.63, 3.8) is 0 Å². The molecule has 0 unspecified atom stereocenters. The first-order valence-electron chi connectivity index (χ1n) is 33.9. The molecule has 0 atom stereocenters. The Morgan fingerprint density at radius 3 is 0.704 bits per heavy atom. The molecule has 0 aromatic heterocycles. The van der Waals surface area contributed by atoms with Gasteiger partial charge in [0, 0.05) is 0 Å². The van der Waals surface area contributed by atoms with Crippen LogP contribution in [0.15, 0.2) is 70.5 Å². The van der Waals surface area contributed by atoms with E-state index in [1.165, 1.54) is 291 Å². The van der Waals surface area contributed by atoms with Crippen molar-refractivity contribution >= 4 is 79.5 Å². The molecule has 0 saturated carbocycles. The third-order valence-corrected chi connectivity index (χ3v) is 18.8. The van der Waals surface area contributed by atoms with E-state index in [-0.39, 0.29) is 47.5 Å². The van der Waals surface area contributed by atoms with Gasteiger partial charge in [0.2, 0.25) is 0 Å². The summed E-state index contributed by atoms with van der Waals surface area (Å²) in [5.74, 6) is 0. The molecule has 456 valence electrons. The fraction of sp³-hybridized carbons (Fsp3) is 0.722. The summed E-state index contributed by atoms with van der Waals surface area (Å²) in [5.41, 5.74) is 4.77. The van der Waals surface area contributed by atoms with Crippen LogP contribution in [0.1, 0.15) is 332 Å². The van der Waals surface area contributed by atoms with Crippen LogP contribution in [-0.2, 0) is 45.9 Å². The Morgan fingerprint density at radius 1 is 0.272 bits per heavy atom. The summed E-state index contributed by atoms with van der Waals surface area (Å²) >= 11 is 0. The quantitative estimate of drug-likeness (QED) is 0.0247. The van der Waals surface area contributed by atoms with Gasteiger partial charge in [0.25, 0.3) is 0 Å². The van der Waals surface area contributed by atoms with Gasteiger partial charge in [0.1, 0.15) is 20.2 Å². The zero-order valence-corrected chi connectivity index (χ0v) is 56.5. The molecule has 4 rings (SSSR count). The minimum atomic E-state index is -4.50. The van der Waals surface area contributed by atoms with Crippen LogP contribution >= 0.6 is 0 Å². The SMILES string of the molecule is CCCCCCCCCCCCCc1cc(CCCCCCCCCCCCC)c2cccc(S(=O)(=O)[O-])c2c1.CCCCCCCCCCCCCc1cc(CCCCCCCCCCCCC)c2cccc(S(=O)(=O)[O-])c2c1.[Ca+2]. The molecule has 0 amide bonds. The molecule has 0 aliphatic carbocycles. The molecule has 0 aliphatic rings. The van der Waals surface area contributed by atoms with E-state index in [0.29, 0.717) is 10.8 Å². The average molecular weight is 1180 g/mol. The molecule has 0 bridgehead atoms. The van der Waals surface area contributed by atoms with E-state index in [1.807, 2.05) is 24.3 Å². The van der Waals surface area contributed by atoms with Crippen molar-refractivity contribution in [3.05, 3.63) is 82.9 Å². The van der Waals surface area contributed by atoms with Crippen molar-refractivity contribution in [1.82, 2.24) is 0 Å². The van der Waals surface area contributed by atoms with Crippen LogP contribution in [0.5, 0.6) is 0 Å². The molecule has 4 aromatic carbocycles. The van der Waals surface area contributed by atoms with Gasteiger partial charge in [-0.25, -0.2) is 16.8 Å². The standard InChI is InChI=1S/2C36H60O3S.Ca/c2*1-3-5-7-9-11-13-15-17-19-21-23-26-32-30-33(27-24-22-20-18-16-14-12-10-8-6-4-2)34-28-25-29-36(35(34)31-32)40(37,38)39;/h2*25,28-31H,3-24,26-27H2,1-2H3,(H,37,38,39);/q;;+2/p-2. The van der Waals surface area contributed by atoms with Crippen molar-refractivity contribution in [2.45, 2.75) is 346 Å². The monoisotopic (exact) mass is 1180 g/mol. The number of fused-ring (bicyclic) bond motifs is 2. The van der Waals surface area contributed by atoms with Crippen LogP contribution in [0.3, 0.4) is 0 Å². The second-order valence-electron chi connectivity index (χ2n) is 24.3. The predicted molar refractivity (Wildman–Crippen MR) is 350 cm³/mol. The molecule has 0 N–H and O–H groups in total. The smallest absolute Gasteiger partial charge is 0.744 e. The normalized spacial score (nSPS) is 11.8. The molecule has 0 heterocycles. The molecule has 9 heteroatoms. The topological polar surface area (TPSA) is 114 Å². The van der Waals surface area contributed by atoms with Crippen LogP contribution in [0.2, 0.25) is 0 Å². The van der Waals surface area contributed by atoms with Gasteiger partial charge in [-0.05, 0) is 119 Å². The summed E-state index contributed by atoms with van der Waals surface area (Å²) in [7, 11) is -9.01. The molecular formula is C72H118CaO6S2. The summed E-state index contributed by atoms with van der Waals surface area (Å²) < 4.78 is 72.2. The molecule has 4 aromatic rings. The van der Waals surface area contributed by atoms with Crippen LogP contribution in [-0.4, -0.2) is 63.7 Å². The van der Waals surface area contributed by atoms with Crippen molar-refractivity contribution < 1.29 is 25.9 Å². The largest absolute Gasteiger partial charge is 2.00 e. The third kappa shape index (κ3) is 35.0. The number of aryl methyl sites for hydroxylation is 4. The second-order valence-corrected chi connectivity index (χ2v) is 27.0. The van der Waals surface area contributed by atoms with Gasteiger partial charge < -0.3 is 9.11 Å².